The number of nitrogens with zero attached hydrogens (tertiary/aromatic N) is 3. The molecule has 0 aromatic carbocycles. The summed E-state index contributed by atoms with van der Waals surface area (Å²) in [5, 5.41) is 3.93. The lowest BCUT2D eigenvalue weighted by Gasteiger charge is -2.12. The van der Waals surface area contributed by atoms with Crippen LogP contribution in [0.15, 0.2) is 18.2 Å². The highest BCUT2D eigenvalue weighted by molar-refractivity contribution is 9.12. The zero-order valence-corrected chi connectivity index (χ0v) is 13.8. The maximum absolute atomic E-state index is 5.99. The van der Waals surface area contributed by atoms with E-state index in [1.54, 1.807) is 11.3 Å². The number of hydrogen-bond acceptors (Lipinski definition) is 6. The fraction of sp³-hybridized carbons (Fsp3) is 0.400. The minimum atomic E-state index is -0.252. The van der Waals surface area contributed by atoms with Gasteiger partial charge in [0.05, 0.1) is 19.2 Å². The topological polar surface area (TPSA) is 68.2 Å². The highest BCUT2D eigenvalue weighted by Crippen LogP contribution is 2.37. The summed E-state index contributed by atoms with van der Waals surface area (Å²) in [6.45, 7) is 0.674. The molecule has 18 heavy (non-hydrogen) atoms. The second-order valence-electron chi connectivity index (χ2n) is 4.06. The van der Waals surface area contributed by atoms with E-state index in [1.807, 2.05) is 25.1 Å². The molecule has 1 atom stereocenters. The monoisotopic (exact) mass is 394 g/mol. The third-order valence-electron chi connectivity index (χ3n) is 2.22. The molecule has 0 amide bonds. The third-order valence-corrected chi connectivity index (χ3v) is 4.56. The van der Waals surface area contributed by atoms with E-state index in [0.29, 0.717) is 18.3 Å². The van der Waals surface area contributed by atoms with Gasteiger partial charge in [0, 0.05) is 6.54 Å². The predicted octanol–water partition coefficient (Wildman–Crippen LogP) is 2.88. The third kappa shape index (κ3) is 3.18. The number of likely N-dealkylation sites (N-methyl/N-ethyl adjacent to an activating group) is 1. The lowest BCUT2D eigenvalue weighted by atomic mass is 10.3. The average molecular weight is 396 g/mol. The first-order valence-electron chi connectivity index (χ1n) is 5.16. The van der Waals surface area contributed by atoms with E-state index >= 15 is 0 Å². The number of nitrogens with two attached hydrogens (primary N) is 1. The molecular weight excluding hydrogens is 384 g/mol. The van der Waals surface area contributed by atoms with E-state index in [1.165, 1.54) is 0 Å². The van der Waals surface area contributed by atoms with E-state index in [0.717, 1.165) is 13.1 Å². The zero-order valence-electron chi connectivity index (χ0n) is 9.85. The molecule has 0 bridgehead atoms. The Labute approximate surface area is 126 Å². The van der Waals surface area contributed by atoms with Gasteiger partial charge in [-0.05, 0) is 52.0 Å². The van der Waals surface area contributed by atoms with E-state index in [9.17, 15) is 0 Å². The summed E-state index contributed by atoms with van der Waals surface area (Å²) >= 11 is 8.44. The highest BCUT2D eigenvalue weighted by atomic mass is 79.9. The molecule has 2 aromatic heterocycles. The van der Waals surface area contributed by atoms with Gasteiger partial charge >= 0.3 is 0 Å². The SMILES string of the molecule is CN(C)CC(N)c1noc(-c2cc(Br)sc2Br)n1. The predicted molar refractivity (Wildman–Crippen MR) is 78.5 cm³/mol. The molecule has 5 nitrogen and oxygen atoms in total. The van der Waals surface area contributed by atoms with E-state index < -0.39 is 0 Å². The second-order valence-corrected chi connectivity index (χ2v) is 7.81. The van der Waals surface area contributed by atoms with Crippen LogP contribution in [0.5, 0.6) is 0 Å². The summed E-state index contributed by atoms with van der Waals surface area (Å²) in [5.74, 6) is 1.00. The van der Waals surface area contributed by atoms with Gasteiger partial charge in [-0.1, -0.05) is 5.16 Å². The van der Waals surface area contributed by atoms with Crippen molar-refractivity contribution in [1.29, 1.82) is 0 Å². The molecule has 0 saturated carbocycles. The van der Waals surface area contributed by atoms with Crippen molar-refractivity contribution in [2.24, 2.45) is 5.73 Å². The van der Waals surface area contributed by atoms with Crippen LogP contribution in [0.3, 0.4) is 0 Å². The Bertz CT molecular complexity index is 540. The molecule has 0 aliphatic heterocycles. The zero-order chi connectivity index (χ0) is 13.3. The van der Waals surface area contributed by atoms with Crippen LogP contribution in [0.1, 0.15) is 11.9 Å². The summed E-state index contributed by atoms with van der Waals surface area (Å²) in [6, 6.07) is 1.68. The van der Waals surface area contributed by atoms with Crippen molar-refractivity contribution in [2.45, 2.75) is 6.04 Å². The first-order valence-corrected chi connectivity index (χ1v) is 7.56. The van der Waals surface area contributed by atoms with Crippen molar-refractivity contribution in [3.63, 3.8) is 0 Å². The van der Waals surface area contributed by atoms with Crippen molar-refractivity contribution in [2.75, 3.05) is 20.6 Å². The van der Waals surface area contributed by atoms with Crippen molar-refractivity contribution in [1.82, 2.24) is 15.0 Å². The van der Waals surface area contributed by atoms with Crippen LogP contribution in [0.25, 0.3) is 11.5 Å². The molecule has 0 aliphatic rings. The van der Waals surface area contributed by atoms with E-state index in [-0.39, 0.29) is 6.04 Å². The number of hydrogen-bond donors (Lipinski definition) is 1. The van der Waals surface area contributed by atoms with Crippen molar-refractivity contribution in [3.05, 3.63) is 19.5 Å². The number of aromatic nitrogens is 2. The molecule has 8 heteroatoms. The quantitative estimate of drug-likeness (QED) is 0.861. The van der Waals surface area contributed by atoms with Crippen LogP contribution in [0.2, 0.25) is 0 Å². The maximum atomic E-state index is 5.99. The molecule has 0 fully saturated rings. The van der Waals surface area contributed by atoms with Gasteiger partial charge < -0.3 is 15.2 Å². The Balaban J connectivity index is 2.22. The summed E-state index contributed by atoms with van der Waals surface area (Å²) in [6.07, 6.45) is 0. The number of halogens is 2. The molecule has 0 spiro atoms. The van der Waals surface area contributed by atoms with Crippen LogP contribution in [0, 0.1) is 0 Å². The Morgan fingerprint density at radius 3 is 2.78 bits per heavy atom. The van der Waals surface area contributed by atoms with Gasteiger partial charge in [-0.3, -0.25) is 0 Å². The minimum Gasteiger partial charge on any atom is -0.334 e. The second kappa shape index (κ2) is 5.79. The first kappa shape index (κ1) is 14.1. The van der Waals surface area contributed by atoms with Gasteiger partial charge in [0.1, 0.15) is 0 Å². The molecule has 2 heterocycles. The van der Waals surface area contributed by atoms with Crippen LogP contribution in [-0.4, -0.2) is 35.7 Å². The highest BCUT2D eigenvalue weighted by Gasteiger charge is 2.18. The van der Waals surface area contributed by atoms with Gasteiger partial charge in [0.15, 0.2) is 5.82 Å². The van der Waals surface area contributed by atoms with Gasteiger partial charge in [0.2, 0.25) is 0 Å². The van der Waals surface area contributed by atoms with Crippen molar-refractivity contribution < 1.29 is 4.52 Å². The summed E-state index contributed by atoms with van der Waals surface area (Å²) in [4.78, 5) is 6.32. The standard InChI is InChI=1S/C10H12Br2N4OS/c1-16(2)4-6(13)9-14-10(17-15-9)5-3-7(11)18-8(5)12/h3,6H,4,13H2,1-2H3. The Morgan fingerprint density at radius 1 is 1.50 bits per heavy atom. The van der Waals surface area contributed by atoms with Crippen LogP contribution in [-0.2, 0) is 0 Å². The van der Waals surface area contributed by atoms with Crippen molar-refractivity contribution >= 4 is 43.2 Å². The largest absolute Gasteiger partial charge is 0.334 e. The molecule has 2 rings (SSSR count). The Morgan fingerprint density at radius 2 is 2.22 bits per heavy atom. The van der Waals surface area contributed by atoms with Gasteiger partial charge in [-0.2, -0.15) is 4.98 Å². The van der Waals surface area contributed by atoms with Gasteiger partial charge in [-0.15, -0.1) is 11.3 Å². The van der Waals surface area contributed by atoms with Crippen molar-refractivity contribution in [3.8, 4) is 11.5 Å². The molecule has 2 aromatic rings. The van der Waals surface area contributed by atoms with Crippen LogP contribution >= 0.6 is 43.2 Å². The molecule has 0 radical (unpaired) electrons. The summed E-state index contributed by atoms with van der Waals surface area (Å²) in [5.41, 5.74) is 6.86. The Hall–Kier alpha value is -0.280. The first-order chi connectivity index (χ1) is 8.47. The molecule has 0 aliphatic carbocycles. The lowest BCUT2D eigenvalue weighted by Crippen LogP contribution is -2.26. The fourth-order valence-electron chi connectivity index (χ4n) is 1.46. The number of rotatable bonds is 4. The molecule has 98 valence electrons. The normalized spacial score (nSPS) is 13.2. The fourth-order valence-corrected chi connectivity index (χ4v) is 4.23. The van der Waals surface area contributed by atoms with Crippen LogP contribution in [0.4, 0.5) is 0 Å². The van der Waals surface area contributed by atoms with E-state index in [4.69, 9.17) is 10.3 Å². The van der Waals surface area contributed by atoms with Crippen LogP contribution < -0.4 is 5.73 Å². The van der Waals surface area contributed by atoms with Gasteiger partial charge in [0.25, 0.3) is 5.89 Å². The summed E-state index contributed by atoms with van der Waals surface area (Å²) in [7, 11) is 3.90. The average Bonchev–Trinajstić information content (AvgIpc) is 2.83. The molecule has 0 saturated heterocycles. The lowest BCUT2D eigenvalue weighted by molar-refractivity contribution is 0.357. The molecule has 1 unspecified atom stereocenters. The maximum Gasteiger partial charge on any atom is 0.260 e. The molecular formula is C10H12Br2N4OS. The summed E-state index contributed by atoms with van der Waals surface area (Å²) < 4.78 is 7.20. The molecule has 2 N–H and O–H groups in total. The smallest absolute Gasteiger partial charge is 0.260 e. The minimum absolute atomic E-state index is 0.252. The Kier molecular flexibility index (Phi) is 4.54. The number of thiophene rings is 1. The van der Waals surface area contributed by atoms with E-state index in [2.05, 4.69) is 42.0 Å². The van der Waals surface area contributed by atoms with Gasteiger partial charge in [-0.25, -0.2) is 0 Å².